The molecule has 1 aliphatic carbocycles. The third-order valence-electron chi connectivity index (χ3n) is 4.64. The van der Waals surface area contributed by atoms with E-state index in [4.69, 9.17) is 5.73 Å². The average molecular weight is 342 g/mol. The number of rotatable bonds is 2. The van der Waals surface area contributed by atoms with E-state index in [-0.39, 0.29) is 16.8 Å². The molecule has 1 nitrogen and oxygen atoms in total. The van der Waals surface area contributed by atoms with Crippen molar-refractivity contribution >= 4 is 15.9 Å². The summed E-state index contributed by atoms with van der Waals surface area (Å²) in [7, 11) is 0. The van der Waals surface area contributed by atoms with Crippen LogP contribution in [0.5, 0.6) is 0 Å². The monoisotopic (exact) mass is 341 g/mol. The van der Waals surface area contributed by atoms with Gasteiger partial charge in [0, 0.05) is 5.54 Å². The number of hydrogen-bond acceptors (Lipinski definition) is 1. The van der Waals surface area contributed by atoms with E-state index in [9.17, 15) is 4.39 Å². The fourth-order valence-corrected chi connectivity index (χ4v) is 4.23. The maximum Gasteiger partial charge on any atom is 0.137 e. The molecule has 1 aromatic rings. The van der Waals surface area contributed by atoms with Crippen molar-refractivity contribution in [3.63, 3.8) is 0 Å². The van der Waals surface area contributed by atoms with Gasteiger partial charge in [-0.25, -0.2) is 4.39 Å². The number of nitrogens with two attached hydrogens (primary N) is 1. The van der Waals surface area contributed by atoms with Gasteiger partial charge in [-0.3, -0.25) is 0 Å². The Morgan fingerprint density at radius 2 is 2.05 bits per heavy atom. The SMILES string of the molecule is CC(C)(C)C1CCCCC1(N)Cc1ccc(F)c(Br)c1. The summed E-state index contributed by atoms with van der Waals surface area (Å²) in [5.74, 6) is 0.295. The first-order chi connectivity index (χ1) is 9.22. The first-order valence-corrected chi connectivity index (χ1v) is 8.24. The van der Waals surface area contributed by atoms with E-state index in [1.807, 2.05) is 12.1 Å². The second kappa shape index (κ2) is 5.76. The Labute approximate surface area is 130 Å². The van der Waals surface area contributed by atoms with Crippen LogP contribution in [-0.2, 0) is 6.42 Å². The second-order valence-corrected chi connectivity index (χ2v) is 8.18. The lowest BCUT2D eigenvalue weighted by Gasteiger charge is -2.48. The van der Waals surface area contributed by atoms with Crippen LogP contribution < -0.4 is 5.73 Å². The minimum atomic E-state index is -0.212. The highest BCUT2D eigenvalue weighted by Gasteiger charge is 2.43. The molecule has 2 rings (SSSR count). The molecule has 3 heteroatoms. The van der Waals surface area contributed by atoms with Crippen LogP contribution in [0.25, 0.3) is 0 Å². The van der Waals surface area contributed by atoms with Gasteiger partial charge >= 0.3 is 0 Å². The standard InChI is InChI=1S/C17H25BrFN/c1-16(2,3)15-6-4-5-9-17(15,20)11-12-7-8-14(19)13(18)10-12/h7-8,10,15H,4-6,9,11,20H2,1-3H3. The summed E-state index contributed by atoms with van der Waals surface area (Å²) in [6.07, 6.45) is 5.56. The zero-order valence-electron chi connectivity index (χ0n) is 12.7. The summed E-state index contributed by atoms with van der Waals surface area (Å²) in [6, 6.07) is 5.26. The first-order valence-electron chi connectivity index (χ1n) is 7.45. The van der Waals surface area contributed by atoms with Crippen LogP contribution in [-0.4, -0.2) is 5.54 Å². The molecule has 1 aromatic carbocycles. The van der Waals surface area contributed by atoms with E-state index in [0.29, 0.717) is 10.4 Å². The molecule has 112 valence electrons. The van der Waals surface area contributed by atoms with Gasteiger partial charge in [0.25, 0.3) is 0 Å². The molecule has 0 aliphatic heterocycles. The maximum atomic E-state index is 13.4. The third kappa shape index (κ3) is 3.43. The van der Waals surface area contributed by atoms with Crippen LogP contribution in [0.4, 0.5) is 4.39 Å². The normalized spacial score (nSPS) is 27.6. The minimum absolute atomic E-state index is 0.173. The minimum Gasteiger partial charge on any atom is -0.325 e. The molecular weight excluding hydrogens is 317 g/mol. The van der Waals surface area contributed by atoms with Gasteiger partial charge in [0.1, 0.15) is 5.82 Å². The zero-order chi connectivity index (χ0) is 15.0. The fourth-order valence-electron chi connectivity index (χ4n) is 3.80. The summed E-state index contributed by atoms with van der Waals surface area (Å²) in [4.78, 5) is 0. The number of hydrogen-bond donors (Lipinski definition) is 1. The molecule has 20 heavy (non-hydrogen) atoms. The predicted octanol–water partition coefficient (Wildman–Crippen LogP) is 5.06. The molecule has 1 aliphatic rings. The van der Waals surface area contributed by atoms with E-state index in [1.54, 1.807) is 0 Å². The van der Waals surface area contributed by atoms with Crippen molar-refractivity contribution in [1.82, 2.24) is 0 Å². The summed E-state index contributed by atoms with van der Waals surface area (Å²) < 4.78 is 13.9. The van der Waals surface area contributed by atoms with Gasteiger partial charge in [-0.2, -0.15) is 0 Å². The Morgan fingerprint density at radius 1 is 1.35 bits per heavy atom. The predicted molar refractivity (Wildman–Crippen MR) is 86.1 cm³/mol. The van der Waals surface area contributed by atoms with E-state index >= 15 is 0 Å². The molecule has 0 aromatic heterocycles. The van der Waals surface area contributed by atoms with Gasteiger partial charge in [-0.1, -0.05) is 39.7 Å². The highest BCUT2D eigenvalue weighted by molar-refractivity contribution is 9.10. The van der Waals surface area contributed by atoms with Crippen LogP contribution >= 0.6 is 15.9 Å². The third-order valence-corrected chi connectivity index (χ3v) is 5.25. The molecule has 1 saturated carbocycles. The first kappa shape index (κ1) is 16.0. The van der Waals surface area contributed by atoms with E-state index in [1.165, 1.54) is 25.3 Å². The second-order valence-electron chi connectivity index (χ2n) is 7.32. The highest BCUT2D eigenvalue weighted by Crippen LogP contribution is 2.44. The van der Waals surface area contributed by atoms with Crippen molar-refractivity contribution in [3.05, 3.63) is 34.1 Å². The number of halogens is 2. The largest absolute Gasteiger partial charge is 0.325 e. The van der Waals surface area contributed by atoms with Gasteiger partial charge in [0.05, 0.1) is 4.47 Å². The van der Waals surface area contributed by atoms with Gasteiger partial charge in [0.2, 0.25) is 0 Å². The Bertz CT molecular complexity index is 480. The lowest BCUT2D eigenvalue weighted by molar-refractivity contribution is 0.0793. The van der Waals surface area contributed by atoms with Crippen LogP contribution in [0.1, 0.15) is 52.0 Å². The molecule has 0 bridgehead atoms. The lowest BCUT2D eigenvalue weighted by Crippen LogP contribution is -2.55. The smallest absolute Gasteiger partial charge is 0.137 e. The molecule has 0 saturated heterocycles. The molecule has 0 radical (unpaired) electrons. The van der Waals surface area contributed by atoms with Crippen LogP contribution in [0, 0.1) is 17.2 Å². The van der Waals surface area contributed by atoms with Crippen molar-refractivity contribution in [2.75, 3.05) is 0 Å². The van der Waals surface area contributed by atoms with Gasteiger partial charge in [0.15, 0.2) is 0 Å². The van der Waals surface area contributed by atoms with E-state index < -0.39 is 0 Å². The molecule has 0 spiro atoms. The van der Waals surface area contributed by atoms with E-state index in [2.05, 4.69) is 36.7 Å². The van der Waals surface area contributed by atoms with Gasteiger partial charge in [-0.15, -0.1) is 0 Å². The van der Waals surface area contributed by atoms with Gasteiger partial charge in [-0.05, 0) is 64.2 Å². The van der Waals surface area contributed by atoms with Crippen molar-refractivity contribution < 1.29 is 4.39 Å². The summed E-state index contributed by atoms with van der Waals surface area (Å²) >= 11 is 3.27. The number of benzene rings is 1. The molecule has 1 fully saturated rings. The summed E-state index contributed by atoms with van der Waals surface area (Å²) in [6.45, 7) is 6.85. The van der Waals surface area contributed by atoms with Crippen LogP contribution in [0.15, 0.2) is 22.7 Å². The summed E-state index contributed by atoms with van der Waals surface area (Å²) in [5.41, 5.74) is 7.96. The maximum absolute atomic E-state index is 13.4. The van der Waals surface area contributed by atoms with Gasteiger partial charge < -0.3 is 5.73 Å². The Hall–Kier alpha value is -0.410. The molecular formula is C17H25BrFN. The van der Waals surface area contributed by atoms with Crippen LogP contribution in [0.2, 0.25) is 0 Å². The topological polar surface area (TPSA) is 26.0 Å². The van der Waals surface area contributed by atoms with E-state index in [0.717, 1.165) is 18.4 Å². The fraction of sp³-hybridized carbons (Fsp3) is 0.647. The molecule has 2 N–H and O–H groups in total. The van der Waals surface area contributed by atoms with Crippen LogP contribution in [0.3, 0.4) is 0 Å². The Balaban J connectivity index is 2.25. The quantitative estimate of drug-likeness (QED) is 0.798. The zero-order valence-corrected chi connectivity index (χ0v) is 14.3. The molecule has 0 amide bonds. The molecule has 2 atom stereocenters. The lowest BCUT2D eigenvalue weighted by atomic mass is 9.61. The van der Waals surface area contributed by atoms with Crippen molar-refractivity contribution in [2.24, 2.45) is 17.1 Å². The van der Waals surface area contributed by atoms with Crippen molar-refractivity contribution in [1.29, 1.82) is 0 Å². The molecule has 0 heterocycles. The average Bonchev–Trinajstić information content (AvgIpc) is 2.32. The highest BCUT2D eigenvalue weighted by atomic mass is 79.9. The molecule has 2 unspecified atom stereocenters. The summed E-state index contributed by atoms with van der Waals surface area (Å²) in [5, 5.41) is 0. The Morgan fingerprint density at radius 3 is 2.65 bits per heavy atom. The van der Waals surface area contributed by atoms with Crippen molar-refractivity contribution in [3.8, 4) is 0 Å². The Kier molecular flexibility index (Phi) is 4.60. The van der Waals surface area contributed by atoms with Crippen molar-refractivity contribution in [2.45, 2.75) is 58.4 Å².